The van der Waals surface area contributed by atoms with Gasteiger partial charge in [-0.15, -0.1) is 0 Å². The van der Waals surface area contributed by atoms with Crippen LogP contribution in [0.3, 0.4) is 0 Å². The highest BCUT2D eigenvalue weighted by atomic mass is 16.5. The van der Waals surface area contributed by atoms with E-state index in [2.05, 4.69) is 0 Å². The van der Waals surface area contributed by atoms with Gasteiger partial charge in [-0.3, -0.25) is 4.79 Å². The van der Waals surface area contributed by atoms with Crippen molar-refractivity contribution < 1.29 is 4.74 Å². The van der Waals surface area contributed by atoms with Gasteiger partial charge in [-0.1, -0.05) is 13.0 Å². The molecule has 2 rings (SSSR count). The van der Waals surface area contributed by atoms with E-state index in [1.807, 2.05) is 31.2 Å². The van der Waals surface area contributed by atoms with E-state index in [1.54, 1.807) is 18.7 Å². The first kappa shape index (κ1) is 10.7. The first-order valence-electron chi connectivity index (χ1n) is 5.34. The summed E-state index contributed by atoms with van der Waals surface area (Å²) in [5.41, 5.74) is 1.80. The Balaban J connectivity index is 2.92. The average Bonchev–Trinajstić information content (AvgIpc) is 2.33. The van der Waals surface area contributed by atoms with Crippen LogP contribution in [0.15, 0.2) is 29.1 Å². The summed E-state index contributed by atoms with van der Waals surface area (Å²) in [6.07, 6.45) is 0.737. The molecule has 0 aliphatic carbocycles. The van der Waals surface area contributed by atoms with Crippen molar-refractivity contribution in [2.45, 2.75) is 13.3 Å². The molecule has 3 heteroatoms. The van der Waals surface area contributed by atoms with E-state index in [1.165, 1.54) is 0 Å². The molecule has 0 saturated carbocycles. The van der Waals surface area contributed by atoms with Gasteiger partial charge in [-0.2, -0.15) is 0 Å². The Morgan fingerprint density at radius 1 is 1.38 bits per heavy atom. The van der Waals surface area contributed by atoms with Crippen molar-refractivity contribution in [3.63, 3.8) is 0 Å². The predicted molar refractivity (Wildman–Crippen MR) is 65.1 cm³/mol. The van der Waals surface area contributed by atoms with Gasteiger partial charge in [0, 0.05) is 18.0 Å². The summed E-state index contributed by atoms with van der Waals surface area (Å²) >= 11 is 0. The van der Waals surface area contributed by atoms with Crippen molar-refractivity contribution in [2.75, 3.05) is 7.11 Å². The molecule has 0 N–H and O–H groups in total. The molecule has 1 heterocycles. The van der Waals surface area contributed by atoms with Gasteiger partial charge < -0.3 is 9.30 Å². The van der Waals surface area contributed by atoms with Crippen LogP contribution >= 0.6 is 0 Å². The molecule has 0 aliphatic heterocycles. The SMILES string of the molecule is CCc1cc2c(OC)cccc2n(C)c1=O. The molecule has 1 aromatic carbocycles. The highest BCUT2D eigenvalue weighted by Gasteiger charge is 2.08. The van der Waals surface area contributed by atoms with E-state index in [-0.39, 0.29) is 5.56 Å². The number of nitrogens with zero attached hydrogens (tertiary/aromatic N) is 1. The van der Waals surface area contributed by atoms with E-state index in [4.69, 9.17) is 4.74 Å². The number of fused-ring (bicyclic) bond motifs is 1. The van der Waals surface area contributed by atoms with E-state index in [0.29, 0.717) is 0 Å². The number of ether oxygens (including phenoxy) is 1. The Kier molecular flexibility index (Phi) is 2.69. The highest BCUT2D eigenvalue weighted by Crippen LogP contribution is 2.24. The van der Waals surface area contributed by atoms with Gasteiger partial charge in [-0.05, 0) is 24.6 Å². The van der Waals surface area contributed by atoms with E-state index < -0.39 is 0 Å². The van der Waals surface area contributed by atoms with Crippen LogP contribution in [-0.4, -0.2) is 11.7 Å². The van der Waals surface area contributed by atoms with Crippen molar-refractivity contribution in [1.82, 2.24) is 4.57 Å². The molecule has 0 radical (unpaired) electrons. The lowest BCUT2D eigenvalue weighted by Crippen LogP contribution is -2.20. The van der Waals surface area contributed by atoms with E-state index in [9.17, 15) is 4.79 Å². The van der Waals surface area contributed by atoms with Crippen LogP contribution in [0, 0.1) is 0 Å². The fraction of sp³-hybridized carbons (Fsp3) is 0.308. The molecule has 3 nitrogen and oxygen atoms in total. The van der Waals surface area contributed by atoms with Crippen molar-refractivity contribution in [1.29, 1.82) is 0 Å². The molecule has 84 valence electrons. The van der Waals surface area contributed by atoms with Crippen LogP contribution in [-0.2, 0) is 13.5 Å². The Morgan fingerprint density at radius 2 is 2.12 bits per heavy atom. The van der Waals surface area contributed by atoms with Crippen LogP contribution in [0.1, 0.15) is 12.5 Å². The molecule has 2 aromatic rings. The third-order valence-corrected chi connectivity index (χ3v) is 2.90. The zero-order valence-corrected chi connectivity index (χ0v) is 9.78. The minimum atomic E-state index is 0.0725. The van der Waals surface area contributed by atoms with Crippen molar-refractivity contribution in [3.8, 4) is 5.75 Å². The molecule has 0 spiro atoms. The Labute approximate surface area is 94.3 Å². The van der Waals surface area contributed by atoms with Gasteiger partial charge in [0.05, 0.1) is 12.6 Å². The van der Waals surface area contributed by atoms with Crippen LogP contribution in [0.2, 0.25) is 0 Å². The normalized spacial score (nSPS) is 10.7. The second kappa shape index (κ2) is 4.00. The van der Waals surface area contributed by atoms with Gasteiger partial charge in [0.2, 0.25) is 0 Å². The smallest absolute Gasteiger partial charge is 0.253 e. The van der Waals surface area contributed by atoms with Gasteiger partial charge in [-0.25, -0.2) is 0 Å². The third-order valence-electron chi connectivity index (χ3n) is 2.90. The van der Waals surface area contributed by atoms with Gasteiger partial charge in [0.15, 0.2) is 0 Å². The second-order valence-electron chi connectivity index (χ2n) is 3.78. The van der Waals surface area contributed by atoms with Crippen molar-refractivity contribution in [3.05, 3.63) is 40.2 Å². The standard InChI is InChI=1S/C13H15NO2/c1-4-9-8-10-11(14(2)13(9)15)6-5-7-12(10)16-3/h5-8H,4H2,1-3H3. The molecular weight excluding hydrogens is 202 g/mol. The zero-order valence-electron chi connectivity index (χ0n) is 9.78. The number of pyridine rings is 1. The molecule has 0 unspecified atom stereocenters. The number of methoxy groups -OCH3 is 1. The molecule has 0 aliphatic rings. The molecule has 0 bridgehead atoms. The minimum absolute atomic E-state index is 0.0725. The predicted octanol–water partition coefficient (Wildman–Crippen LogP) is 2.11. The minimum Gasteiger partial charge on any atom is -0.496 e. The first-order valence-corrected chi connectivity index (χ1v) is 5.34. The fourth-order valence-electron chi connectivity index (χ4n) is 1.96. The Morgan fingerprint density at radius 3 is 2.75 bits per heavy atom. The topological polar surface area (TPSA) is 31.2 Å². The fourth-order valence-corrected chi connectivity index (χ4v) is 1.96. The first-order chi connectivity index (χ1) is 7.69. The third kappa shape index (κ3) is 1.48. The maximum Gasteiger partial charge on any atom is 0.253 e. The van der Waals surface area contributed by atoms with Crippen LogP contribution < -0.4 is 10.3 Å². The average molecular weight is 217 g/mol. The van der Waals surface area contributed by atoms with Gasteiger partial charge in [0.25, 0.3) is 5.56 Å². The second-order valence-corrected chi connectivity index (χ2v) is 3.78. The Hall–Kier alpha value is -1.77. The monoisotopic (exact) mass is 217 g/mol. The number of aromatic nitrogens is 1. The summed E-state index contributed by atoms with van der Waals surface area (Å²) in [5, 5.41) is 0.990. The van der Waals surface area contributed by atoms with Crippen molar-refractivity contribution >= 4 is 10.9 Å². The van der Waals surface area contributed by atoms with Crippen LogP contribution in [0.5, 0.6) is 5.75 Å². The maximum absolute atomic E-state index is 11.9. The largest absolute Gasteiger partial charge is 0.496 e. The molecule has 16 heavy (non-hydrogen) atoms. The Bertz CT molecular complexity index is 584. The summed E-state index contributed by atoms with van der Waals surface area (Å²) in [6, 6.07) is 7.66. The van der Waals surface area contributed by atoms with Crippen LogP contribution in [0.25, 0.3) is 10.9 Å². The highest BCUT2D eigenvalue weighted by molar-refractivity contribution is 5.86. The molecule has 1 aromatic heterocycles. The zero-order chi connectivity index (χ0) is 11.7. The summed E-state index contributed by atoms with van der Waals surface area (Å²) in [6.45, 7) is 1.98. The number of hydrogen-bond acceptors (Lipinski definition) is 2. The summed E-state index contributed by atoms with van der Waals surface area (Å²) in [4.78, 5) is 11.9. The van der Waals surface area contributed by atoms with Crippen LogP contribution in [0.4, 0.5) is 0 Å². The number of hydrogen-bond donors (Lipinski definition) is 0. The summed E-state index contributed by atoms with van der Waals surface area (Å²) in [5.74, 6) is 0.808. The van der Waals surface area contributed by atoms with Gasteiger partial charge >= 0.3 is 0 Å². The van der Waals surface area contributed by atoms with Gasteiger partial charge in [0.1, 0.15) is 5.75 Å². The number of benzene rings is 1. The molecule has 0 fully saturated rings. The lowest BCUT2D eigenvalue weighted by atomic mass is 10.1. The quantitative estimate of drug-likeness (QED) is 0.771. The molecule has 0 amide bonds. The molecular formula is C13H15NO2. The maximum atomic E-state index is 11.9. The lowest BCUT2D eigenvalue weighted by molar-refractivity contribution is 0.419. The molecule has 0 saturated heterocycles. The van der Waals surface area contributed by atoms with E-state index in [0.717, 1.165) is 28.6 Å². The lowest BCUT2D eigenvalue weighted by Gasteiger charge is -2.10. The summed E-state index contributed by atoms with van der Waals surface area (Å²) < 4.78 is 6.98. The number of rotatable bonds is 2. The summed E-state index contributed by atoms with van der Waals surface area (Å²) in [7, 11) is 3.44. The van der Waals surface area contributed by atoms with Crippen molar-refractivity contribution in [2.24, 2.45) is 7.05 Å². The number of aryl methyl sites for hydroxylation is 2. The molecule has 0 atom stereocenters. The van der Waals surface area contributed by atoms with E-state index >= 15 is 0 Å².